The van der Waals surface area contributed by atoms with Crippen molar-refractivity contribution in [1.82, 2.24) is 0 Å². The molecule has 0 unspecified atom stereocenters. The maximum absolute atomic E-state index is 13.8. The van der Waals surface area contributed by atoms with E-state index in [2.05, 4.69) is 0 Å². The summed E-state index contributed by atoms with van der Waals surface area (Å²) in [5.41, 5.74) is -9.91. The standard InChI is InChI=1S/C37H24F12O2/c1-3-7-26-18(4-2)14-28(20-10-22(34(38,39)40)16-23(11-20)35(41,42)43)32(50)30(26)31-27-9-6-5-8-19(27)15-29(33(31)51)21-12-24(36(44,45)46)17-25(13-21)37(47,48)49/h4-17,50-51H,3H2,1-2H3/b18-4-,26-7+. The summed E-state index contributed by atoms with van der Waals surface area (Å²) in [6, 6.07) is 9.42. The molecule has 0 aliphatic carbocycles. The highest BCUT2D eigenvalue weighted by Gasteiger charge is 2.39. The summed E-state index contributed by atoms with van der Waals surface area (Å²) in [7, 11) is 0. The number of hydrogen-bond donors (Lipinski definition) is 2. The van der Waals surface area contributed by atoms with Crippen LogP contribution in [0.1, 0.15) is 42.5 Å². The number of aromatic hydroxyl groups is 2. The van der Waals surface area contributed by atoms with Crippen LogP contribution in [0, 0.1) is 0 Å². The van der Waals surface area contributed by atoms with Crippen LogP contribution < -0.4 is 10.4 Å². The fourth-order valence-electron chi connectivity index (χ4n) is 5.87. The van der Waals surface area contributed by atoms with Gasteiger partial charge in [-0.15, -0.1) is 0 Å². The molecule has 0 aromatic heterocycles. The average molecular weight is 729 g/mol. The van der Waals surface area contributed by atoms with Gasteiger partial charge < -0.3 is 10.2 Å². The first-order valence-electron chi connectivity index (χ1n) is 14.9. The van der Waals surface area contributed by atoms with Gasteiger partial charge in [-0.05, 0) is 94.2 Å². The van der Waals surface area contributed by atoms with E-state index in [-0.39, 0.29) is 50.9 Å². The molecular weight excluding hydrogens is 704 g/mol. The molecule has 5 rings (SSSR count). The first-order chi connectivity index (χ1) is 23.6. The van der Waals surface area contributed by atoms with Crippen LogP contribution in [0.3, 0.4) is 0 Å². The molecule has 5 aromatic carbocycles. The molecule has 0 fully saturated rings. The smallest absolute Gasteiger partial charge is 0.416 e. The number of fused-ring (bicyclic) bond motifs is 1. The van der Waals surface area contributed by atoms with Gasteiger partial charge in [-0.2, -0.15) is 52.7 Å². The van der Waals surface area contributed by atoms with Crippen LogP contribution in [0.4, 0.5) is 52.7 Å². The van der Waals surface area contributed by atoms with E-state index in [9.17, 15) is 62.9 Å². The van der Waals surface area contributed by atoms with Crippen LogP contribution in [0.25, 0.3) is 56.3 Å². The van der Waals surface area contributed by atoms with Crippen LogP contribution in [0.5, 0.6) is 11.5 Å². The highest BCUT2D eigenvalue weighted by Crippen LogP contribution is 2.49. The highest BCUT2D eigenvalue weighted by atomic mass is 19.4. The number of phenols is 2. The van der Waals surface area contributed by atoms with E-state index >= 15 is 0 Å². The second kappa shape index (κ2) is 12.9. The summed E-state index contributed by atoms with van der Waals surface area (Å²) >= 11 is 0. The number of rotatable bonds is 4. The third kappa shape index (κ3) is 7.22. The first-order valence-corrected chi connectivity index (χ1v) is 14.9. The number of halogens is 12. The molecule has 0 amide bonds. The largest absolute Gasteiger partial charge is 0.507 e. The Morgan fingerprint density at radius 1 is 0.549 bits per heavy atom. The summed E-state index contributed by atoms with van der Waals surface area (Å²) < 4.78 is 166. The number of hydrogen-bond acceptors (Lipinski definition) is 2. The zero-order valence-corrected chi connectivity index (χ0v) is 26.2. The maximum Gasteiger partial charge on any atom is 0.416 e. The average Bonchev–Trinajstić information content (AvgIpc) is 3.03. The van der Waals surface area contributed by atoms with E-state index in [4.69, 9.17) is 0 Å². The van der Waals surface area contributed by atoms with Gasteiger partial charge in [0, 0.05) is 22.3 Å². The lowest BCUT2D eigenvalue weighted by Crippen LogP contribution is -2.27. The molecule has 14 heteroatoms. The van der Waals surface area contributed by atoms with Gasteiger partial charge in [0.1, 0.15) is 11.5 Å². The fourth-order valence-corrected chi connectivity index (χ4v) is 5.87. The molecule has 0 aliphatic rings. The van der Waals surface area contributed by atoms with E-state index in [0.717, 1.165) is 12.1 Å². The summed E-state index contributed by atoms with van der Waals surface area (Å²) in [6.45, 7) is 3.14. The van der Waals surface area contributed by atoms with Crippen molar-refractivity contribution in [3.05, 3.63) is 105 Å². The normalized spacial score (nSPS) is 13.8. The Morgan fingerprint density at radius 2 is 0.961 bits per heavy atom. The van der Waals surface area contributed by atoms with Gasteiger partial charge in [0.05, 0.1) is 22.3 Å². The molecule has 0 atom stereocenters. The zero-order valence-electron chi connectivity index (χ0n) is 26.2. The number of phenolic OH excluding ortho intramolecular Hbond substituents is 2. The number of benzene rings is 5. The second-order valence-corrected chi connectivity index (χ2v) is 11.5. The Morgan fingerprint density at radius 3 is 1.37 bits per heavy atom. The molecular formula is C37H24F12O2. The van der Waals surface area contributed by atoms with Gasteiger partial charge >= 0.3 is 24.7 Å². The molecule has 0 heterocycles. The predicted octanol–water partition coefficient (Wildman–Crippen LogP) is 11.3. The van der Waals surface area contributed by atoms with Crippen LogP contribution in [0.15, 0.2) is 72.8 Å². The zero-order chi connectivity index (χ0) is 37.8. The molecule has 5 aromatic rings. The van der Waals surface area contributed by atoms with Crippen molar-refractivity contribution in [2.45, 2.75) is 45.0 Å². The van der Waals surface area contributed by atoms with Crippen molar-refractivity contribution < 1.29 is 62.9 Å². The summed E-state index contributed by atoms with van der Waals surface area (Å²) in [6.07, 6.45) is -17.8. The minimum Gasteiger partial charge on any atom is -0.507 e. The van der Waals surface area contributed by atoms with E-state index in [0.29, 0.717) is 24.3 Å². The van der Waals surface area contributed by atoms with Gasteiger partial charge in [0.2, 0.25) is 0 Å². The lowest BCUT2D eigenvalue weighted by molar-refractivity contribution is -0.144. The van der Waals surface area contributed by atoms with Crippen molar-refractivity contribution >= 4 is 22.9 Å². The molecule has 0 bridgehead atoms. The highest BCUT2D eigenvalue weighted by molar-refractivity contribution is 6.06. The van der Waals surface area contributed by atoms with Gasteiger partial charge in [0.25, 0.3) is 0 Å². The Balaban J connectivity index is 1.98. The molecule has 51 heavy (non-hydrogen) atoms. The van der Waals surface area contributed by atoms with E-state index in [1.807, 2.05) is 0 Å². The van der Waals surface area contributed by atoms with Crippen molar-refractivity contribution in [2.75, 3.05) is 0 Å². The summed E-state index contributed by atoms with van der Waals surface area (Å²) in [4.78, 5) is 0. The van der Waals surface area contributed by atoms with Crippen molar-refractivity contribution in [1.29, 1.82) is 0 Å². The Bertz CT molecular complexity index is 2210. The number of alkyl halides is 12. The SMILES string of the molecule is C/C=c1/cc(-c2cc(C(F)(F)F)cc(C(F)(F)F)c2)c(O)c(-c2c(O)c(-c3cc(C(F)(F)F)cc(C(F)(F)F)c3)cc3ccccc23)/c1=C/CC. The lowest BCUT2D eigenvalue weighted by atomic mass is 9.86. The Hall–Kier alpha value is -5.14. The van der Waals surface area contributed by atoms with Crippen LogP contribution >= 0.6 is 0 Å². The van der Waals surface area contributed by atoms with Gasteiger partial charge in [-0.25, -0.2) is 0 Å². The molecule has 2 N–H and O–H groups in total. The van der Waals surface area contributed by atoms with Crippen LogP contribution in [-0.4, -0.2) is 10.2 Å². The third-order valence-electron chi connectivity index (χ3n) is 8.16. The Kier molecular flexibility index (Phi) is 9.37. The molecule has 0 spiro atoms. The second-order valence-electron chi connectivity index (χ2n) is 11.5. The molecule has 268 valence electrons. The maximum atomic E-state index is 13.8. The Labute approximate surface area is 281 Å². The van der Waals surface area contributed by atoms with Crippen molar-refractivity contribution in [2.24, 2.45) is 0 Å². The van der Waals surface area contributed by atoms with Crippen molar-refractivity contribution in [3.63, 3.8) is 0 Å². The monoisotopic (exact) mass is 728 g/mol. The van der Waals surface area contributed by atoms with Gasteiger partial charge in [-0.1, -0.05) is 43.3 Å². The van der Waals surface area contributed by atoms with Crippen molar-refractivity contribution in [3.8, 4) is 44.9 Å². The quantitative estimate of drug-likeness (QED) is 0.181. The lowest BCUT2D eigenvalue weighted by Gasteiger charge is -2.20. The summed E-state index contributed by atoms with van der Waals surface area (Å²) in [5.74, 6) is -1.83. The molecule has 0 saturated heterocycles. The molecule has 0 radical (unpaired) electrons. The van der Waals surface area contributed by atoms with Crippen LogP contribution in [-0.2, 0) is 24.7 Å². The van der Waals surface area contributed by atoms with Gasteiger partial charge in [0.15, 0.2) is 0 Å². The van der Waals surface area contributed by atoms with E-state index in [1.165, 1.54) is 43.3 Å². The minimum absolute atomic E-state index is 0.0966. The van der Waals surface area contributed by atoms with Gasteiger partial charge in [-0.3, -0.25) is 0 Å². The summed E-state index contributed by atoms with van der Waals surface area (Å²) in [5, 5.41) is 24.2. The third-order valence-corrected chi connectivity index (χ3v) is 8.16. The molecule has 0 saturated carbocycles. The molecule has 0 aliphatic heterocycles. The van der Waals surface area contributed by atoms with E-state index < -0.39 is 80.7 Å². The first kappa shape index (κ1) is 37.1. The van der Waals surface area contributed by atoms with Crippen LogP contribution in [0.2, 0.25) is 0 Å². The predicted molar refractivity (Wildman–Crippen MR) is 168 cm³/mol. The minimum atomic E-state index is -5.24. The topological polar surface area (TPSA) is 40.5 Å². The van der Waals surface area contributed by atoms with E-state index in [1.54, 1.807) is 6.92 Å². The molecule has 2 nitrogen and oxygen atoms in total. The fraction of sp³-hybridized carbons (Fsp3) is 0.189.